The second-order valence-corrected chi connectivity index (χ2v) is 13.9. The molecule has 7 aromatic carbocycles. The van der Waals surface area contributed by atoms with E-state index < -0.39 is 0 Å². The summed E-state index contributed by atoms with van der Waals surface area (Å²) in [6.45, 7) is 0. The van der Waals surface area contributed by atoms with Crippen LogP contribution in [0, 0.1) is 0 Å². The van der Waals surface area contributed by atoms with Crippen molar-refractivity contribution < 1.29 is 0 Å². The Bertz CT molecular complexity index is 2860. The van der Waals surface area contributed by atoms with Gasteiger partial charge in [0.05, 0.1) is 21.6 Å². The fourth-order valence-electron chi connectivity index (χ4n) is 7.24. The van der Waals surface area contributed by atoms with Crippen LogP contribution in [-0.2, 0) is 0 Å². The highest BCUT2D eigenvalue weighted by Gasteiger charge is 2.17. The van der Waals surface area contributed by atoms with Crippen LogP contribution in [0.4, 0.5) is 0 Å². The van der Waals surface area contributed by atoms with Gasteiger partial charge in [-0.2, -0.15) is 0 Å². The third-order valence-electron chi connectivity index (χ3n) is 9.69. The predicted molar refractivity (Wildman–Crippen MR) is 215 cm³/mol. The predicted octanol–water partition coefficient (Wildman–Crippen LogP) is 12.9. The number of rotatable bonds is 5. The first-order chi connectivity index (χ1) is 25.2. The quantitative estimate of drug-likeness (QED) is 0.171. The van der Waals surface area contributed by atoms with Gasteiger partial charge in [0.25, 0.3) is 0 Å². The van der Waals surface area contributed by atoms with Crippen LogP contribution >= 0.6 is 11.3 Å². The first-order valence-corrected chi connectivity index (χ1v) is 17.9. The van der Waals surface area contributed by atoms with Crippen molar-refractivity contribution in [2.45, 2.75) is 0 Å². The summed E-state index contributed by atoms with van der Waals surface area (Å²) in [5, 5.41) is 6.09. The van der Waals surface area contributed by atoms with Gasteiger partial charge in [0.15, 0.2) is 5.82 Å². The van der Waals surface area contributed by atoms with Crippen LogP contribution in [0.2, 0.25) is 0 Å². The van der Waals surface area contributed by atoms with Crippen LogP contribution in [0.1, 0.15) is 0 Å². The van der Waals surface area contributed by atoms with Gasteiger partial charge in [0.1, 0.15) is 0 Å². The molecule has 0 amide bonds. The zero-order valence-corrected chi connectivity index (χ0v) is 28.3. The van der Waals surface area contributed by atoms with Gasteiger partial charge in [-0.15, -0.1) is 11.3 Å². The van der Waals surface area contributed by atoms with Gasteiger partial charge in [-0.05, 0) is 98.4 Å². The van der Waals surface area contributed by atoms with Crippen molar-refractivity contribution in [3.8, 4) is 56.2 Å². The van der Waals surface area contributed by atoms with Crippen LogP contribution in [-0.4, -0.2) is 15.0 Å². The minimum atomic E-state index is 0.687. The fourth-order valence-corrected chi connectivity index (χ4v) is 8.28. The Hall–Kier alpha value is -6.49. The van der Waals surface area contributed by atoms with E-state index in [0.29, 0.717) is 5.82 Å². The lowest BCUT2D eigenvalue weighted by Crippen LogP contribution is -1.97. The average Bonchev–Trinajstić information content (AvgIpc) is 3.59. The Labute approximate surface area is 299 Å². The molecule has 0 atom stereocenters. The molecule has 3 aromatic heterocycles. The Morgan fingerprint density at radius 1 is 0.373 bits per heavy atom. The molecule has 0 N–H and O–H groups in total. The molecule has 10 rings (SSSR count). The monoisotopic (exact) mass is 667 g/mol. The summed E-state index contributed by atoms with van der Waals surface area (Å²) in [6, 6.07) is 60.3. The maximum Gasteiger partial charge on any atom is 0.160 e. The summed E-state index contributed by atoms with van der Waals surface area (Å²) in [5.41, 5.74) is 10.4. The third kappa shape index (κ3) is 5.25. The number of hydrogen-bond acceptors (Lipinski definition) is 4. The standard InChI is InChI=1S/C47H29N3S/c1-3-12-30(13-4-1)42-29-43(31-14-5-2-6-15-31)50-47(49-42)36-25-34(32-21-22-44-41(27-32)46-45(51-44)20-11-23-48-46)24-35(26-36)40-28-33-16-7-8-17-37(33)38-18-9-10-19-39(38)40/h1-29H. The summed E-state index contributed by atoms with van der Waals surface area (Å²) in [5.74, 6) is 0.687. The van der Waals surface area contributed by atoms with Crippen LogP contribution in [0.25, 0.3) is 98.0 Å². The van der Waals surface area contributed by atoms with E-state index in [1.54, 1.807) is 11.3 Å². The van der Waals surface area contributed by atoms with Crippen molar-refractivity contribution >= 4 is 53.2 Å². The molecule has 0 radical (unpaired) electrons. The molecule has 4 heteroatoms. The lowest BCUT2D eigenvalue weighted by molar-refractivity contribution is 1.18. The van der Waals surface area contributed by atoms with E-state index in [0.717, 1.165) is 50.3 Å². The van der Waals surface area contributed by atoms with Gasteiger partial charge in [0, 0.05) is 33.0 Å². The number of fused-ring (bicyclic) bond motifs is 6. The van der Waals surface area contributed by atoms with Gasteiger partial charge >= 0.3 is 0 Å². The van der Waals surface area contributed by atoms with Crippen molar-refractivity contribution in [3.63, 3.8) is 0 Å². The minimum Gasteiger partial charge on any atom is -0.255 e. The smallest absolute Gasteiger partial charge is 0.160 e. The lowest BCUT2D eigenvalue weighted by Gasteiger charge is -2.15. The minimum absolute atomic E-state index is 0.687. The van der Waals surface area contributed by atoms with E-state index in [4.69, 9.17) is 15.0 Å². The molecule has 0 bridgehead atoms. The van der Waals surface area contributed by atoms with Crippen molar-refractivity contribution in [1.82, 2.24) is 15.0 Å². The highest BCUT2D eigenvalue weighted by Crippen LogP contribution is 2.41. The Kier molecular flexibility index (Phi) is 7.00. The zero-order valence-electron chi connectivity index (χ0n) is 27.5. The van der Waals surface area contributed by atoms with Crippen molar-refractivity contribution in [2.75, 3.05) is 0 Å². The van der Waals surface area contributed by atoms with Gasteiger partial charge in [-0.1, -0.05) is 115 Å². The van der Waals surface area contributed by atoms with Gasteiger partial charge < -0.3 is 0 Å². The molecule has 0 saturated heterocycles. The summed E-state index contributed by atoms with van der Waals surface area (Å²) in [6.07, 6.45) is 1.88. The molecular formula is C47H29N3S. The summed E-state index contributed by atoms with van der Waals surface area (Å²) in [7, 11) is 0. The highest BCUT2D eigenvalue weighted by atomic mass is 32.1. The first-order valence-electron chi connectivity index (χ1n) is 17.1. The molecule has 0 unspecified atom stereocenters. The normalized spacial score (nSPS) is 11.5. The molecule has 0 fully saturated rings. The molecule has 0 aliphatic carbocycles. The first kappa shape index (κ1) is 29.4. The van der Waals surface area contributed by atoms with Crippen molar-refractivity contribution in [3.05, 3.63) is 176 Å². The number of pyridine rings is 1. The van der Waals surface area contributed by atoms with Gasteiger partial charge in [0.2, 0.25) is 0 Å². The van der Waals surface area contributed by atoms with E-state index in [1.807, 2.05) is 24.4 Å². The number of aromatic nitrogens is 3. The largest absolute Gasteiger partial charge is 0.255 e. The van der Waals surface area contributed by atoms with Crippen molar-refractivity contribution in [1.29, 1.82) is 0 Å². The van der Waals surface area contributed by atoms with Gasteiger partial charge in [-0.3, -0.25) is 4.98 Å². The molecule has 0 aliphatic rings. The van der Waals surface area contributed by atoms with E-state index in [-0.39, 0.29) is 0 Å². The molecule has 238 valence electrons. The van der Waals surface area contributed by atoms with E-state index in [9.17, 15) is 0 Å². The Morgan fingerprint density at radius 2 is 1.02 bits per heavy atom. The number of nitrogens with zero attached hydrogens (tertiary/aromatic N) is 3. The fraction of sp³-hybridized carbons (Fsp3) is 0. The summed E-state index contributed by atoms with van der Waals surface area (Å²) < 4.78 is 2.43. The average molecular weight is 668 g/mol. The van der Waals surface area contributed by atoms with Crippen LogP contribution < -0.4 is 0 Å². The molecule has 10 aromatic rings. The van der Waals surface area contributed by atoms with Crippen LogP contribution in [0.5, 0.6) is 0 Å². The molecular weight excluding hydrogens is 639 g/mol. The summed E-state index contributed by atoms with van der Waals surface area (Å²) in [4.78, 5) is 15.3. The second-order valence-electron chi connectivity index (χ2n) is 12.8. The van der Waals surface area contributed by atoms with Crippen LogP contribution in [0.15, 0.2) is 176 Å². The number of thiophene rings is 1. The third-order valence-corrected chi connectivity index (χ3v) is 10.8. The molecule has 3 nitrogen and oxygen atoms in total. The Balaban J connectivity index is 1.25. The van der Waals surface area contributed by atoms with E-state index in [2.05, 4.69) is 152 Å². The second kappa shape index (κ2) is 12.1. The molecule has 0 saturated carbocycles. The number of benzene rings is 7. The van der Waals surface area contributed by atoms with Gasteiger partial charge in [-0.25, -0.2) is 9.97 Å². The zero-order chi connectivity index (χ0) is 33.7. The SMILES string of the molecule is c1ccc(-c2cc(-c3ccccc3)nc(-c3cc(-c4ccc5sc6cccnc6c5c4)cc(-c4cc5ccccc5c5ccccc45)c3)n2)cc1. The van der Waals surface area contributed by atoms with Crippen LogP contribution in [0.3, 0.4) is 0 Å². The molecule has 0 aliphatic heterocycles. The topological polar surface area (TPSA) is 38.7 Å². The highest BCUT2D eigenvalue weighted by molar-refractivity contribution is 7.25. The lowest BCUT2D eigenvalue weighted by atomic mass is 9.90. The maximum absolute atomic E-state index is 5.24. The molecule has 51 heavy (non-hydrogen) atoms. The Morgan fingerprint density at radius 3 is 1.78 bits per heavy atom. The van der Waals surface area contributed by atoms with Crippen molar-refractivity contribution in [2.24, 2.45) is 0 Å². The summed E-state index contributed by atoms with van der Waals surface area (Å²) >= 11 is 1.78. The molecule has 0 spiro atoms. The molecule has 3 heterocycles. The number of hydrogen-bond donors (Lipinski definition) is 0. The maximum atomic E-state index is 5.24. The van der Waals surface area contributed by atoms with E-state index in [1.165, 1.54) is 41.9 Å². The van der Waals surface area contributed by atoms with E-state index >= 15 is 0 Å².